The van der Waals surface area contributed by atoms with Crippen LogP contribution in [0.15, 0.2) is 36.4 Å². The molecule has 0 spiro atoms. The van der Waals surface area contributed by atoms with Crippen molar-refractivity contribution in [1.29, 1.82) is 0 Å². The molecule has 0 fully saturated rings. The quantitative estimate of drug-likeness (QED) is 0.473. The molecule has 0 heterocycles. The maximum Gasteiger partial charge on any atom is 0.281 e. The fraction of sp³-hybridized carbons (Fsp3) is 0.0909. The third-order valence-electron chi connectivity index (χ3n) is 2.31. The van der Waals surface area contributed by atoms with Gasteiger partial charge in [-0.15, -0.1) is 0 Å². The number of benzene rings is 2. The van der Waals surface area contributed by atoms with Gasteiger partial charge in [-0.05, 0) is 11.5 Å². The molecule has 0 aliphatic carbocycles. The highest BCUT2D eigenvalue weighted by Crippen LogP contribution is 2.30. The normalized spacial score (nSPS) is 10.5. The highest BCUT2D eigenvalue weighted by atomic mass is 79.9. The molecule has 0 atom stereocenters. The molecule has 76 valence electrons. The molecule has 2 aromatic carbocycles. The summed E-state index contributed by atoms with van der Waals surface area (Å²) in [6, 6.07) is 11.0. The molecule has 0 saturated carbocycles. The standard InChI is InChI=1S/C11H8BrNO2/c12-7-9-6-5-8-3-1-2-4-10(8)11(9)13(14)15/h1-6H,7H2. The first-order chi connectivity index (χ1) is 7.24. The van der Waals surface area contributed by atoms with Crippen molar-refractivity contribution < 1.29 is 4.92 Å². The first kappa shape index (κ1) is 10.1. The van der Waals surface area contributed by atoms with E-state index in [4.69, 9.17) is 0 Å². The summed E-state index contributed by atoms with van der Waals surface area (Å²) in [5.74, 6) is 0. The molecule has 2 rings (SSSR count). The monoisotopic (exact) mass is 265 g/mol. The fourth-order valence-electron chi connectivity index (χ4n) is 1.62. The topological polar surface area (TPSA) is 43.1 Å². The van der Waals surface area contributed by atoms with Gasteiger partial charge in [-0.2, -0.15) is 0 Å². The number of rotatable bonds is 2. The van der Waals surface area contributed by atoms with Crippen molar-refractivity contribution in [3.63, 3.8) is 0 Å². The number of alkyl halides is 1. The van der Waals surface area contributed by atoms with E-state index >= 15 is 0 Å². The van der Waals surface area contributed by atoms with Gasteiger partial charge < -0.3 is 0 Å². The van der Waals surface area contributed by atoms with Gasteiger partial charge in [0.1, 0.15) is 0 Å². The van der Waals surface area contributed by atoms with Crippen LogP contribution in [0.1, 0.15) is 5.56 Å². The molecule has 0 aromatic heterocycles. The van der Waals surface area contributed by atoms with Crippen LogP contribution in [0.2, 0.25) is 0 Å². The molecule has 0 aliphatic rings. The Morgan fingerprint density at radius 3 is 2.60 bits per heavy atom. The third kappa shape index (κ3) is 1.72. The number of fused-ring (bicyclic) bond motifs is 1. The largest absolute Gasteiger partial charge is 0.281 e. The van der Waals surface area contributed by atoms with Gasteiger partial charge in [0.15, 0.2) is 0 Å². The lowest BCUT2D eigenvalue weighted by molar-refractivity contribution is -0.383. The van der Waals surface area contributed by atoms with Crippen LogP contribution in [0.4, 0.5) is 5.69 Å². The Balaban J connectivity index is 2.85. The minimum absolute atomic E-state index is 0.199. The first-order valence-corrected chi connectivity index (χ1v) is 5.57. The number of hydrogen-bond donors (Lipinski definition) is 0. The molecule has 15 heavy (non-hydrogen) atoms. The molecule has 3 nitrogen and oxygen atoms in total. The fourth-order valence-corrected chi connectivity index (χ4v) is 2.08. The first-order valence-electron chi connectivity index (χ1n) is 4.45. The van der Waals surface area contributed by atoms with Crippen LogP contribution < -0.4 is 0 Å². The molecule has 0 N–H and O–H groups in total. The van der Waals surface area contributed by atoms with E-state index in [0.717, 1.165) is 5.39 Å². The summed E-state index contributed by atoms with van der Waals surface area (Å²) in [6.07, 6.45) is 0. The molecule has 0 amide bonds. The molecule has 0 radical (unpaired) electrons. The SMILES string of the molecule is O=[N+]([O-])c1c(CBr)ccc2ccccc12. The maximum absolute atomic E-state index is 11.0. The van der Waals surface area contributed by atoms with E-state index < -0.39 is 0 Å². The molecule has 2 aromatic rings. The van der Waals surface area contributed by atoms with Crippen molar-refractivity contribution in [2.24, 2.45) is 0 Å². The number of nitro groups is 1. The maximum atomic E-state index is 11.0. The van der Waals surface area contributed by atoms with Crippen molar-refractivity contribution in [1.82, 2.24) is 0 Å². The van der Waals surface area contributed by atoms with Crippen LogP contribution >= 0.6 is 15.9 Å². The van der Waals surface area contributed by atoms with Crippen LogP contribution in [0.3, 0.4) is 0 Å². The predicted molar refractivity (Wildman–Crippen MR) is 63.2 cm³/mol. The van der Waals surface area contributed by atoms with E-state index in [1.54, 1.807) is 12.1 Å². The second kappa shape index (κ2) is 3.98. The van der Waals surface area contributed by atoms with Crippen molar-refractivity contribution in [3.8, 4) is 0 Å². The summed E-state index contributed by atoms with van der Waals surface area (Å²) >= 11 is 3.26. The van der Waals surface area contributed by atoms with E-state index in [1.165, 1.54) is 0 Å². The lowest BCUT2D eigenvalue weighted by atomic mass is 10.1. The van der Waals surface area contributed by atoms with Gasteiger partial charge in [0, 0.05) is 10.9 Å². The zero-order valence-corrected chi connectivity index (χ0v) is 9.40. The van der Waals surface area contributed by atoms with E-state index in [-0.39, 0.29) is 10.6 Å². The molecular weight excluding hydrogens is 258 g/mol. The smallest absolute Gasteiger partial charge is 0.258 e. The summed E-state index contributed by atoms with van der Waals surface area (Å²) in [7, 11) is 0. The number of nitro benzene ring substituents is 1. The van der Waals surface area contributed by atoms with Gasteiger partial charge in [0.25, 0.3) is 5.69 Å². The van der Waals surface area contributed by atoms with Crippen LogP contribution in [0.5, 0.6) is 0 Å². The zero-order chi connectivity index (χ0) is 10.8. The van der Waals surface area contributed by atoms with E-state index in [1.807, 2.05) is 24.3 Å². The molecule has 0 aliphatic heterocycles. The number of hydrogen-bond acceptors (Lipinski definition) is 2. The van der Waals surface area contributed by atoms with Gasteiger partial charge in [0.05, 0.1) is 10.3 Å². The Morgan fingerprint density at radius 1 is 1.20 bits per heavy atom. The average molecular weight is 266 g/mol. The molecule has 0 saturated heterocycles. The average Bonchev–Trinajstić information content (AvgIpc) is 2.27. The number of nitrogens with zero attached hydrogens (tertiary/aromatic N) is 1. The van der Waals surface area contributed by atoms with Gasteiger partial charge in [-0.1, -0.05) is 46.3 Å². The zero-order valence-electron chi connectivity index (χ0n) is 7.81. The predicted octanol–water partition coefficient (Wildman–Crippen LogP) is 3.64. The second-order valence-electron chi connectivity index (χ2n) is 3.19. The summed E-state index contributed by atoms with van der Waals surface area (Å²) < 4.78 is 0. The minimum atomic E-state index is -0.321. The Kier molecular flexibility index (Phi) is 2.68. The van der Waals surface area contributed by atoms with Crippen LogP contribution in [0, 0.1) is 10.1 Å². The van der Waals surface area contributed by atoms with Crippen molar-refractivity contribution in [3.05, 3.63) is 52.1 Å². The lowest BCUT2D eigenvalue weighted by Gasteiger charge is -2.03. The van der Waals surface area contributed by atoms with Gasteiger partial charge in [-0.3, -0.25) is 10.1 Å². The Hall–Kier alpha value is -1.42. The Morgan fingerprint density at radius 2 is 1.93 bits per heavy atom. The highest BCUT2D eigenvalue weighted by molar-refractivity contribution is 9.08. The second-order valence-corrected chi connectivity index (χ2v) is 3.75. The number of halogens is 1. The summed E-state index contributed by atoms with van der Waals surface area (Å²) in [4.78, 5) is 10.7. The molecule has 0 bridgehead atoms. The molecular formula is C11H8BrNO2. The molecule has 0 unspecified atom stereocenters. The van der Waals surface area contributed by atoms with E-state index in [2.05, 4.69) is 15.9 Å². The van der Waals surface area contributed by atoms with Crippen molar-refractivity contribution in [2.45, 2.75) is 5.33 Å². The van der Waals surface area contributed by atoms with Crippen LogP contribution in [0.25, 0.3) is 10.8 Å². The summed E-state index contributed by atoms with van der Waals surface area (Å²) in [6.45, 7) is 0. The van der Waals surface area contributed by atoms with Crippen molar-refractivity contribution >= 4 is 32.4 Å². The van der Waals surface area contributed by atoms with Crippen molar-refractivity contribution in [2.75, 3.05) is 0 Å². The van der Waals surface area contributed by atoms with Crippen LogP contribution in [-0.4, -0.2) is 4.92 Å². The third-order valence-corrected chi connectivity index (χ3v) is 2.91. The van der Waals surface area contributed by atoms with E-state index in [0.29, 0.717) is 16.3 Å². The Labute approximate surface area is 95.0 Å². The Bertz CT molecular complexity index is 525. The minimum Gasteiger partial charge on any atom is -0.258 e. The van der Waals surface area contributed by atoms with E-state index in [9.17, 15) is 10.1 Å². The lowest BCUT2D eigenvalue weighted by Crippen LogP contribution is -1.94. The van der Waals surface area contributed by atoms with Crippen LogP contribution in [-0.2, 0) is 5.33 Å². The van der Waals surface area contributed by atoms with Gasteiger partial charge in [0.2, 0.25) is 0 Å². The summed E-state index contributed by atoms with van der Waals surface area (Å²) in [5, 5.41) is 13.1. The van der Waals surface area contributed by atoms with Gasteiger partial charge >= 0.3 is 0 Å². The van der Waals surface area contributed by atoms with Gasteiger partial charge in [-0.25, -0.2) is 0 Å². The summed E-state index contributed by atoms with van der Waals surface area (Å²) in [5.41, 5.74) is 0.906. The highest BCUT2D eigenvalue weighted by Gasteiger charge is 2.16. The molecule has 4 heteroatoms.